The number of likely N-dealkylation sites (N-methyl/N-ethyl adjacent to an activating group) is 1. The number of aliphatic imine (C=N–C) groups is 1. The third-order valence-electron chi connectivity index (χ3n) is 5.61. The molecule has 162 valence electrons. The predicted octanol–water partition coefficient (Wildman–Crippen LogP) is 2.48. The molecule has 0 saturated carbocycles. The topological polar surface area (TPSA) is 92.8 Å². The summed E-state index contributed by atoms with van der Waals surface area (Å²) < 4.78 is 0. The van der Waals surface area contributed by atoms with Crippen LogP contribution in [0.2, 0.25) is 0 Å². The molecule has 2 aliphatic rings. The first-order chi connectivity index (χ1) is 15.0. The van der Waals surface area contributed by atoms with Gasteiger partial charge in [-0.25, -0.2) is 0 Å². The van der Waals surface area contributed by atoms with E-state index in [2.05, 4.69) is 25.5 Å². The highest BCUT2D eigenvalue weighted by molar-refractivity contribution is 6.04. The molecular weight excluding hydrogens is 392 g/mol. The van der Waals surface area contributed by atoms with Crippen molar-refractivity contribution in [2.45, 2.75) is 19.3 Å². The Morgan fingerprint density at radius 3 is 2.58 bits per heavy atom. The van der Waals surface area contributed by atoms with Gasteiger partial charge in [-0.1, -0.05) is 0 Å². The van der Waals surface area contributed by atoms with E-state index in [0.717, 1.165) is 35.9 Å². The molecule has 4 rings (SSSR count). The second-order valence-electron chi connectivity index (χ2n) is 7.93. The van der Waals surface area contributed by atoms with Crippen molar-refractivity contribution in [3.05, 3.63) is 64.2 Å². The van der Waals surface area contributed by atoms with E-state index in [1.165, 1.54) is 19.3 Å². The zero-order chi connectivity index (χ0) is 21.8. The molecule has 1 fully saturated rings. The van der Waals surface area contributed by atoms with Crippen molar-refractivity contribution in [3.63, 3.8) is 0 Å². The predicted molar refractivity (Wildman–Crippen MR) is 125 cm³/mol. The van der Waals surface area contributed by atoms with Gasteiger partial charge in [-0.2, -0.15) is 0 Å². The van der Waals surface area contributed by atoms with Gasteiger partial charge in [-0.05, 0) is 49.6 Å². The summed E-state index contributed by atoms with van der Waals surface area (Å²) in [7, 11) is 3.68. The molecule has 0 bridgehead atoms. The van der Waals surface area contributed by atoms with Crippen LogP contribution in [0.25, 0.3) is 5.70 Å². The number of carbonyl (C=O) groups is 1. The number of amidine groups is 1. The lowest BCUT2D eigenvalue weighted by atomic mass is 10.1. The maximum Gasteiger partial charge on any atom is 0.271 e. The molecule has 3 N–H and O–H groups in total. The third kappa shape index (κ3) is 4.79. The fraction of sp³-hybridized carbons (Fsp3) is 0.348. The van der Waals surface area contributed by atoms with Gasteiger partial charge < -0.3 is 25.4 Å². The minimum absolute atomic E-state index is 0.202. The largest absolute Gasteiger partial charge is 0.372 e. The summed E-state index contributed by atoms with van der Waals surface area (Å²) in [6.07, 6.45) is 7.24. The summed E-state index contributed by atoms with van der Waals surface area (Å²) >= 11 is 0. The number of nitrogens with one attached hydrogen (secondary N) is 3. The lowest BCUT2D eigenvalue weighted by molar-refractivity contribution is 0.102. The number of carbonyl (C=O) groups excluding carboxylic acids is 1. The molecule has 8 heteroatoms. The van der Waals surface area contributed by atoms with Crippen LogP contribution in [0.1, 0.15) is 35.2 Å². The Morgan fingerprint density at radius 2 is 1.87 bits per heavy atom. The molecule has 0 unspecified atom stereocenters. The molecule has 1 aromatic carbocycles. The first-order valence-electron chi connectivity index (χ1n) is 10.6. The number of piperidine rings is 1. The van der Waals surface area contributed by atoms with Gasteiger partial charge in [0.05, 0.1) is 12.2 Å². The van der Waals surface area contributed by atoms with Gasteiger partial charge in [0.15, 0.2) is 0 Å². The molecule has 2 aromatic rings. The zero-order valence-electron chi connectivity index (χ0n) is 17.9. The molecule has 1 aromatic heterocycles. The number of H-pyrrole nitrogens is 1. The van der Waals surface area contributed by atoms with E-state index in [-0.39, 0.29) is 17.2 Å². The van der Waals surface area contributed by atoms with E-state index in [4.69, 9.17) is 0 Å². The molecule has 1 amide bonds. The maximum absolute atomic E-state index is 12.8. The second kappa shape index (κ2) is 9.07. The van der Waals surface area contributed by atoms with Crippen LogP contribution in [0.3, 0.4) is 0 Å². The monoisotopic (exact) mass is 420 g/mol. The van der Waals surface area contributed by atoms with Crippen molar-refractivity contribution in [1.82, 2.24) is 15.2 Å². The van der Waals surface area contributed by atoms with Crippen molar-refractivity contribution in [1.29, 1.82) is 0 Å². The van der Waals surface area contributed by atoms with Crippen LogP contribution in [0, 0.1) is 0 Å². The van der Waals surface area contributed by atoms with Crippen LogP contribution in [-0.4, -0.2) is 55.4 Å². The number of pyridine rings is 1. The van der Waals surface area contributed by atoms with Crippen LogP contribution in [0.15, 0.2) is 52.5 Å². The van der Waals surface area contributed by atoms with Gasteiger partial charge >= 0.3 is 0 Å². The van der Waals surface area contributed by atoms with Crippen molar-refractivity contribution < 1.29 is 4.79 Å². The highest BCUT2D eigenvalue weighted by Crippen LogP contribution is 2.21. The van der Waals surface area contributed by atoms with E-state index >= 15 is 0 Å². The van der Waals surface area contributed by atoms with Crippen LogP contribution in [-0.2, 0) is 0 Å². The van der Waals surface area contributed by atoms with E-state index in [1.54, 1.807) is 19.3 Å². The fourth-order valence-electron chi connectivity index (χ4n) is 3.91. The minimum Gasteiger partial charge on any atom is -0.372 e. The minimum atomic E-state index is -0.351. The third-order valence-corrected chi connectivity index (χ3v) is 5.61. The van der Waals surface area contributed by atoms with Crippen molar-refractivity contribution in [3.8, 4) is 0 Å². The van der Waals surface area contributed by atoms with E-state index in [1.807, 2.05) is 42.4 Å². The molecule has 8 nitrogen and oxygen atoms in total. The summed E-state index contributed by atoms with van der Waals surface area (Å²) in [5.41, 5.74) is 3.05. The van der Waals surface area contributed by atoms with Gasteiger partial charge in [0.25, 0.3) is 11.5 Å². The van der Waals surface area contributed by atoms with Crippen molar-refractivity contribution in [2.24, 2.45) is 4.99 Å². The molecule has 0 aliphatic carbocycles. The summed E-state index contributed by atoms with van der Waals surface area (Å²) in [5.74, 6) is 0.511. The number of nitrogens with zero attached hydrogens (tertiary/aromatic N) is 3. The van der Waals surface area contributed by atoms with Crippen LogP contribution in [0.4, 0.5) is 11.4 Å². The summed E-state index contributed by atoms with van der Waals surface area (Å²) in [6.45, 7) is 2.79. The average molecular weight is 421 g/mol. The Balaban J connectivity index is 1.50. The molecule has 1 saturated heterocycles. The molecule has 3 heterocycles. The number of benzene rings is 1. The Kier molecular flexibility index (Phi) is 6.06. The fourth-order valence-corrected chi connectivity index (χ4v) is 3.91. The second-order valence-corrected chi connectivity index (χ2v) is 7.93. The Labute approximate surface area is 181 Å². The Morgan fingerprint density at radius 1 is 1.13 bits per heavy atom. The van der Waals surface area contributed by atoms with Gasteiger partial charge in [0, 0.05) is 56.4 Å². The number of anilines is 2. The number of aromatic amines is 1. The van der Waals surface area contributed by atoms with E-state index in [0.29, 0.717) is 12.1 Å². The van der Waals surface area contributed by atoms with Gasteiger partial charge in [0.2, 0.25) is 0 Å². The number of rotatable bonds is 4. The van der Waals surface area contributed by atoms with Gasteiger partial charge in [-0.3, -0.25) is 14.6 Å². The molecule has 0 atom stereocenters. The normalized spacial score (nSPS) is 17.9. The summed E-state index contributed by atoms with van der Waals surface area (Å²) in [5, 5.41) is 6.00. The molecule has 0 radical (unpaired) electrons. The smallest absolute Gasteiger partial charge is 0.271 e. The molecule has 0 spiro atoms. The number of hydrogen-bond acceptors (Lipinski definition) is 5. The molecule has 2 aliphatic heterocycles. The highest BCUT2D eigenvalue weighted by atomic mass is 16.2. The summed E-state index contributed by atoms with van der Waals surface area (Å²) in [6, 6.07) is 9.23. The zero-order valence-corrected chi connectivity index (χ0v) is 17.9. The van der Waals surface area contributed by atoms with Crippen LogP contribution < -0.4 is 21.1 Å². The van der Waals surface area contributed by atoms with Gasteiger partial charge in [0.1, 0.15) is 11.5 Å². The van der Waals surface area contributed by atoms with E-state index in [9.17, 15) is 9.59 Å². The van der Waals surface area contributed by atoms with Crippen molar-refractivity contribution in [2.75, 3.05) is 43.9 Å². The van der Waals surface area contributed by atoms with E-state index < -0.39 is 0 Å². The molecule has 31 heavy (non-hydrogen) atoms. The maximum atomic E-state index is 12.8. The Bertz CT molecular complexity index is 1060. The standard InChI is InChI=1S/C23H28N6O2/c1-24-21-15-28(2)14-20(26-21)17-12-19(23(31)25-13-17)27-22(30)16-6-8-18(9-7-16)29-10-4-3-5-11-29/h6-9,12-14H,3-5,10-11,15H2,1-2H3,(H,24,26)(H,25,31)(H,27,30). The van der Waals surface area contributed by atoms with Crippen molar-refractivity contribution >= 4 is 28.8 Å². The molecular formula is C23H28N6O2. The summed E-state index contributed by atoms with van der Waals surface area (Å²) in [4.78, 5) is 36.3. The Hall–Kier alpha value is -3.55. The number of amides is 1. The average Bonchev–Trinajstić information content (AvgIpc) is 2.80. The lowest BCUT2D eigenvalue weighted by Gasteiger charge is -2.28. The van der Waals surface area contributed by atoms with Crippen LogP contribution in [0.5, 0.6) is 0 Å². The van der Waals surface area contributed by atoms with Crippen LogP contribution >= 0.6 is 0 Å². The highest BCUT2D eigenvalue weighted by Gasteiger charge is 2.16. The number of hydrogen-bond donors (Lipinski definition) is 3. The lowest BCUT2D eigenvalue weighted by Crippen LogP contribution is -2.37. The first-order valence-corrected chi connectivity index (χ1v) is 10.6. The number of aromatic nitrogens is 1. The quantitative estimate of drug-likeness (QED) is 0.707. The van der Waals surface area contributed by atoms with Gasteiger partial charge in [-0.15, -0.1) is 0 Å². The first kappa shape index (κ1) is 20.7. The SMILES string of the molecule is CN=C1CN(C)C=C(c2c[nH]c(=O)c(NC(=O)c3ccc(N4CCCCC4)cc3)c2)N1.